The molecule has 5 nitrogen and oxygen atoms in total. The zero-order chi connectivity index (χ0) is 17.3. The lowest BCUT2D eigenvalue weighted by molar-refractivity contribution is 0.0188. The Labute approximate surface area is 146 Å². The topological polar surface area (TPSA) is 45.0 Å². The van der Waals surface area contributed by atoms with Crippen molar-refractivity contribution in [3.63, 3.8) is 0 Å². The molecule has 0 radical (unpaired) electrons. The van der Waals surface area contributed by atoms with E-state index in [0.29, 0.717) is 0 Å². The standard InChI is InChI=1S/C19H32N4O/c1-5-14-10-17(20)19(24-4)11-18(14)22-8-6-15(7-9-22)23-12-16(13-23)21(2)3/h10-11,15-16H,5-9,12-13,20H2,1-4H3. The van der Waals surface area contributed by atoms with Crippen molar-refractivity contribution >= 4 is 11.4 Å². The second-order valence-electron chi connectivity index (χ2n) is 7.37. The summed E-state index contributed by atoms with van der Waals surface area (Å²) >= 11 is 0. The molecule has 3 rings (SSSR count). The highest BCUT2D eigenvalue weighted by molar-refractivity contribution is 5.67. The molecule has 134 valence electrons. The fourth-order valence-corrected chi connectivity index (χ4v) is 3.97. The summed E-state index contributed by atoms with van der Waals surface area (Å²) in [5.41, 5.74) is 9.44. The lowest BCUT2D eigenvalue weighted by Crippen LogP contribution is -2.62. The molecule has 2 aliphatic heterocycles. The van der Waals surface area contributed by atoms with Gasteiger partial charge in [0.25, 0.3) is 0 Å². The van der Waals surface area contributed by atoms with Crippen molar-refractivity contribution in [1.29, 1.82) is 0 Å². The number of nitrogens with zero attached hydrogens (tertiary/aromatic N) is 3. The first kappa shape index (κ1) is 17.4. The molecule has 0 unspecified atom stereocenters. The first-order valence-corrected chi connectivity index (χ1v) is 9.15. The minimum atomic E-state index is 0.739. The van der Waals surface area contributed by atoms with E-state index in [9.17, 15) is 0 Å². The van der Waals surface area contributed by atoms with Crippen molar-refractivity contribution in [3.05, 3.63) is 17.7 Å². The van der Waals surface area contributed by atoms with E-state index in [1.165, 1.54) is 37.2 Å². The van der Waals surface area contributed by atoms with Gasteiger partial charge in [-0.3, -0.25) is 4.90 Å². The van der Waals surface area contributed by atoms with Gasteiger partial charge in [0.15, 0.2) is 0 Å². The molecule has 0 atom stereocenters. The van der Waals surface area contributed by atoms with Crippen LogP contribution in [0.15, 0.2) is 12.1 Å². The maximum atomic E-state index is 6.08. The largest absolute Gasteiger partial charge is 0.495 e. The number of anilines is 2. The molecule has 2 N–H and O–H groups in total. The van der Waals surface area contributed by atoms with Crippen LogP contribution in [0.1, 0.15) is 25.3 Å². The molecule has 2 heterocycles. The molecule has 0 bridgehead atoms. The summed E-state index contributed by atoms with van der Waals surface area (Å²) in [5, 5.41) is 0. The fraction of sp³-hybridized carbons (Fsp3) is 0.684. The maximum Gasteiger partial charge on any atom is 0.143 e. The number of piperidine rings is 1. The van der Waals surface area contributed by atoms with Gasteiger partial charge in [-0.2, -0.15) is 0 Å². The number of likely N-dealkylation sites (N-methyl/N-ethyl adjacent to an activating group) is 1. The average Bonchev–Trinajstić information content (AvgIpc) is 2.53. The molecule has 1 aromatic rings. The summed E-state index contributed by atoms with van der Waals surface area (Å²) in [5.74, 6) is 0.792. The molecule has 2 aliphatic rings. The highest BCUT2D eigenvalue weighted by Crippen LogP contribution is 2.34. The van der Waals surface area contributed by atoms with Crippen LogP contribution in [0.25, 0.3) is 0 Å². The van der Waals surface area contributed by atoms with Gasteiger partial charge in [0.1, 0.15) is 5.75 Å². The van der Waals surface area contributed by atoms with Gasteiger partial charge in [-0.05, 0) is 45.0 Å². The summed E-state index contributed by atoms with van der Waals surface area (Å²) < 4.78 is 5.43. The van der Waals surface area contributed by atoms with Gasteiger partial charge in [-0.25, -0.2) is 0 Å². The molecule has 0 spiro atoms. The summed E-state index contributed by atoms with van der Waals surface area (Å²) in [7, 11) is 6.06. The SMILES string of the molecule is CCc1cc(N)c(OC)cc1N1CCC(N2CC(N(C)C)C2)CC1. The third-order valence-electron chi connectivity index (χ3n) is 5.75. The van der Waals surface area contributed by atoms with E-state index in [0.717, 1.165) is 43.0 Å². The van der Waals surface area contributed by atoms with Crippen LogP contribution in [-0.2, 0) is 6.42 Å². The zero-order valence-electron chi connectivity index (χ0n) is 15.6. The monoisotopic (exact) mass is 332 g/mol. The number of likely N-dealkylation sites (tertiary alicyclic amines) is 1. The van der Waals surface area contributed by atoms with Crippen molar-refractivity contribution < 1.29 is 4.74 Å². The Morgan fingerprint density at radius 3 is 2.42 bits per heavy atom. The van der Waals surface area contributed by atoms with E-state index >= 15 is 0 Å². The summed E-state index contributed by atoms with van der Waals surface area (Å²) in [6, 6.07) is 5.70. The quantitative estimate of drug-likeness (QED) is 0.836. The molecular formula is C19H32N4O. The van der Waals surface area contributed by atoms with E-state index in [-0.39, 0.29) is 0 Å². The van der Waals surface area contributed by atoms with Gasteiger partial charge in [0.05, 0.1) is 12.8 Å². The average molecular weight is 332 g/mol. The third kappa shape index (κ3) is 3.33. The Balaban J connectivity index is 1.63. The molecule has 2 fully saturated rings. The highest BCUT2D eigenvalue weighted by atomic mass is 16.5. The Morgan fingerprint density at radius 1 is 1.21 bits per heavy atom. The van der Waals surface area contributed by atoms with E-state index < -0.39 is 0 Å². The summed E-state index contributed by atoms with van der Waals surface area (Å²) in [6.07, 6.45) is 3.49. The van der Waals surface area contributed by atoms with Crippen LogP contribution in [-0.4, -0.2) is 69.3 Å². The Morgan fingerprint density at radius 2 is 1.88 bits per heavy atom. The lowest BCUT2D eigenvalue weighted by atomic mass is 9.96. The molecule has 0 saturated carbocycles. The molecule has 0 aliphatic carbocycles. The number of nitrogens with two attached hydrogens (primary N) is 1. The molecule has 5 heteroatoms. The number of hydrogen-bond donors (Lipinski definition) is 1. The smallest absolute Gasteiger partial charge is 0.143 e. The van der Waals surface area contributed by atoms with Crippen molar-refractivity contribution in [2.45, 2.75) is 38.3 Å². The van der Waals surface area contributed by atoms with Crippen LogP contribution in [0.3, 0.4) is 0 Å². The van der Waals surface area contributed by atoms with Crippen LogP contribution >= 0.6 is 0 Å². The van der Waals surface area contributed by atoms with E-state index in [1.54, 1.807) is 7.11 Å². The molecule has 1 aromatic carbocycles. The summed E-state index contributed by atoms with van der Waals surface area (Å²) in [6.45, 7) is 6.89. The minimum Gasteiger partial charge on any atom is -0.495 e. The van der Waals surface area contributed by atoms with Gasteiger partial charge in [-0.15, -0.1) is 0 Å². The molecular weight excluding hydrogens is 300 g/mol. The second kappa shape index (κ2) is 7.19. The Hall–Kier alpha value is -1.46. The highest BCUT2D eigenvalue weighted by Gasteiger charge is 2.35. The first-order chi connectivity index (χ1) is 11.5. The van der Waals surface area contributed by atoms with Crippen LogP contribution in [0, 0.1) is 0 Å². The number of nitrogen functional groups attached to an aromatic ring is 1. The Kier molecular flexibility index (Phi) is 5.21. The zero-order valence-corrected chi connectivity index (χ0v) is 15.6. The van der Waals surface area contributed by atoms with Crippen molar-refractivity contribution in [2.75, 3.05) is 58.0 Å². The second-order valence-corrected chi connectivity index (χ2v) is 7.37. The van der Waals surface area contributed by atoms with Gasteiger partial charge >= 0.3 is 0 Å². The van der Waals surface area contributed by atoms with Crippen LogP contribution < -0.4 is 15.4 Å². The van der Waals surface area contributed by atoms with Gasteiger partial charge < -0.3 is 20.3 Å². The normalized spacial score (nSPS) is 20.5. The van der Waals surface area contributed by atoms with Crippen molar-refractivity contribution in [1.82, 2.24) is 9.80 Å². The fourth-order valence-electron chi connectivity index (χ4n) is 3.97. The van der Waals surface area contributed by atoms with Gasteiger partial charge in [0, 0.05) is 50.0 Å². The molecule has 0 aromatic heterocycles. The van der Waals surface area contributed by atoms with Crippen LogP contribution in [0.2, 0.25) is 0 Å². The predicted octanol–water partition coefficient (Wildman–Crippen LogP) is 2.05. The maximum absolute atomic E-state index is 6.08. The molecule has 2 saturated heterocycles. The van der Waals surface area contributed by atoms with E-state index in [4.69, 9.17) is 10.5 Å². The number of ether oxygens (including phenoxy) is 1. The number of rotatable bonds is 5. The number of aryl methyl sites for hydroxylation is 1. The van der Waals surface area contributed by atoms with E-state index in [2.05, 4.69) is 47.9 Å². The minimum absolute atomic E-state index is 0.739. The Bertz CT molecular complexity index is 561. The summed E-state index contributed by atoms with van der Waals surface area (Å²) in [4.78, 5) is 7.52. The van der Waals surface area contributed by atoms with Crippen LogP contribution in [0.4, 0.5) is 11.4 Å². The predicted molar refractivity (Wildman–Crippen MR) is 101 cm³/mol. The number of hydrogen-bond acceptors (Lipinski definition) is 5. The van der Waals surface area contributed by atoms with Crippen molar-refractivity contribution in [2.24, 2.45) is 0 Å². The molecule has 0 amide bonds. The van der Waals surface area contributed by atoms with Gasteiger partial charge in [0.2, 0.25) is 0 Å². The number of methoxy groups -OCH3 is 1. The van der Waals surface area contributed by atoms with Gasteiger partial charge in [-0.1, -0.05) is 6.92 Å². The van der Waals surface area contributed by atoms with Crippen molar-refractivity contribution in [3.8, 4) is 5.75 Å². The van der Waals surface area contributed by atoms with Crippen LogP contribution in [0.5, 0.6) is 5.75 Å². The molecule has 24 heavy (non-hydrogen) atoms. The first-order valence-electron chi connectivity index (χ1n) is 9.15. The van der Waals surface area contributed by atoms with E-state index in [1.807, 2.05) is 0 Å². The third-order valence-corrected chi connectivity index (χ3v) is 5.75. The lowest BCUT2D eigenvalue weighted by Gasteiger charge is -2.49. The number of benzene rings is 1.